The number of nitrogens with one attached hydrogen (secondary N) is 1. The minimum absolute atomic E-state index is 0.00120. The van der Waals surface area contributed by atoms with Crippen LogP contribution in [0.2, 0.25) is 0 Å². The van der Waals surface area contributed by atoms with E-state index in [0.29, 0.717) is 0 Å². The molecule has 0 radical (unpaired) electrons. The van der Waals surface area contributed by atoms with Crippen LogP contribution in [0.25, 0.3) is 0 Å². The number of hydrogen-bond donors (Lipinski definition) is 2. The van der Waals surface area contributed by atoms with E-state index in [1.54, 1.807) is 0 Å². The Labute approximate surface area is 106 Å². The Balaban J connectivity index is 2.24. The first-order chi connectivity index (χ1) is 7.85. The molecule has 3 heteroatoms. The Hall–Kier alpha value is -0.120. The van der Waals surface area contributed by atoms with E-state index in [1.807, 2.05) is 6.92 Å². The molecule has 0 aromatic carbocycles. The zero-order valence-corrected chi connectivity index (χ0v) is 11.9. The molecular weight excluding hydrogens is 214 g/mol. The van der Waals surface area contributed by atoms with Gasteiger partial charge in [-0.3, -0.25) is 0 Å². The average Bonchev–Trinajstić information content (AvgIpc) is 2.52. The van der Waals surface area contributed by atoms with Crippen LogP contribution in [-0.4, -0.2) is 35.5 Å². The van der Waals surface area contributed by atoms with E-state index < -0.39 is 5.60 Å². The molecule has 1 rings (SSSR count). The van der Waals surface area contributed by atoms with Crippen LogP contribution in [0.3, 0.4) is 0 Å². The normalized spacial score (nSPS) is 27.0. The maximum atomic E-state index is 10.3. The predicted octanol–water partition coefficient (Wildman–Crippen LogP) is 2.47. The number of ether oxygens (including phenoxy) is 1. The molecule has 1 aliphatic rings. The quantitative estimate of drug-likeness (QED) is 0.675. The number of hydrogen-bond acceptors (Lipinski definition) is 3. The summed E-state index contributed by atoms with van der Waals surface area (Å²) < 4.78 is 5.93. The second-order valence-electron chi connectivity index (χ2n) is 6.24. The first-order valence-electron chi connectivity index (χ1n) is 6.95. The van der Waals surface area contributed by atoms with Crippen molar-refractivity contribution in [2.45, 2.75) is 77.1 Å². The molecule has 3 nitrogen and oxygen atoms in total. The molecule has 1 heterocycles. The third-order valence-corrected chi connectivity index (χ3v) is 3.49. The van der Waals surface area contributed by atoms with Crippen molar-refractivity contribution in [1.29, 1.82) is 0 Å². The van der Waals surface area contributed by atoms with Gasteiger partial charge >= 0.3 is 0 Å². The minimum Gasteiger partial charge on any atom is -0.390 e. The molecule has 2 unspecified atom stereocenters. The zero-order chi connectivity index (χ0) is 12.9. The fourth-order valence-corrected chi connectivity index (χ4v) is 2.47. The molecule has 2 atom stereocenters. The van der Waals surface area contributed by atoms with Crippen molar-refractivity contribution in [2.24, 2.45) is 0 Å². The Bertz CT molecular complexity index is 226. The van der Waals surface area contributed by atoms with Crippen LogP contribution in [0.1, 0.15) is 59.8 Å². The summed E-state index contributed by atoms with van der Waals surface area (Å²) >= 11 is 0. The summed E-state index contributed by atoms with van der Waals surface area (Å²) in [6, 6.07) is 0. The molecule has 0 aromatic heterocycles. The summed E-state index contributed by atoms with van der Waals surface area (Å²) in [5, 5.41) is 13.7. The van der Waals surface area contributed by atoms with Gasteiger partial charge in [-0.1, -0.05) is 6.92 Å². The highest BCUT2D eigenvalue weighted by Crippen LogP contribution is 2.34. The maximum Gasteiger partial charge on any atom is 0.0656 e. The SMILES string of the molecule is CCCNCCC(C)(O)CC1CCC(C)(C)O1. The molecule has 0 amide bonds. The van der Waals surface area contributed by atoms with Gasteiger partial charge in [-0.2, -0.15) is 0 Å². The van der Waals surface area contributed by atoms with Gasteiger partial charge in [0, 0.05) is 6.42 Å². The molecule has 17 heavy (non-hydrogen) atoms. The second-order valence-corrected chi connectivity index (χ2v) is 6.24. The van der Waals surface area contributed by atoms with Gasteiger partial charge in [0.2, 0.25) is 0 Å². The van der Waals surface area contributed by atoms with E-state index in [-0.39, 0.29) is 11.7 Å². The number of rotatable bonds is 7. The molecule has 0 aromatic rings. The van der Waals surface area contributed by atoms with Crippen molar-refractivity contribution < 1.29 is 9.84 Å². The predicted molar refractivity (Wildman–Crippen MR) is 71.2 cm³/mol. The van der Waals surface area contributed by atoms with Crippen molar-refractivity contribution in [3.63, 3.8) is 0 Å². The topological polar surface area (TPSA) is 41.5 Å². The van der Waals surface area contributed by atoms with Crippen molar-refractivity contribution in [2.75, 3.05) is 13.1 Å². The highest BCUT2D eigenvalue weighted by molar-refractivity contribution is 4.86. The van der Waals surface area contributed by atoms with E-state index in [1.165, 1.54) is 0 Å². The molecule has 102 valence electrons. The lowest BCUT2D eigenvalue weighted by Crippen LogP contribution is -2.34. The monoisotopic (exact) mass is 243 g/mol. The lowest BCUT2D eigenvalue weighted by Gasteiger charge is -2.28. The Kier molecular flexibility index (Phi) is 5.42. The largest absolute Gasteiger partial charge is 0.390 e. The van der Waals surface area contributed by atoms with Crippen molar-refractivity contribution >= 4 is 0 Å². The molecule has 0 bridgehead atoms. The summed E-state index contributed by atoms with van der Waals surface area (Å²) in [6.45, 7) is 10.3. The molecule has 0 saturated carbocycles. The molecular formula is C14H29NO2. The maximum absolute atomic E-state index is 10.3. The Morgan fingerprint density at radius 2 is 2.12 bits per heavy atom. The highest BCUT2D eigenvalue weighted by Gasteiger charge is 2.35. The minimum atomic E-state index is -0.605. The molecule has 0 aliphatic carbocycles. The van der Waals surface area contributed by atoms with Gasteiger partial charge in [-0.15, -0.1) is 0 Å². The van der Waals surface area contributed by atoms with Crippen LogP contribution in [0.4, 0.5) is 0 Å². The van der Waals surface area contributed by atoms with Crippen LogP contribution in [0.15, 0.2) is 0 Å². The van der Waals surface area contributed by atoms with Crippen molar-refractivity contribution in [1.82, 2.24) is 5.32 Å². The van der Waals surface area contributed by atoms with Crippen LogP contribution in [-0.2, 0) is 4.74 Å². The van der Waals surface area contributed by atoms with Crippen LogP contribution in [0.5, 0.6) is 0 Å². The van der Waals surface area contributed by atoms with Gasteiger partial charge in [-0.05, 0) is 59.5 Å². The van der Waals surface area contributed by atoms with E-state index in [4.69, 9.17) is 4.74 Å². The lowest BCUT2D eigenvalue weighted by molar-refractivity contribution is -0.0602. The average molecular weight is 243 g/mol. The van der Waals surface area contributed by atoms with Crippen molar-refractivity contribution in [3.8, 4) is 0 Å². The Morgan fingerprint density at radius 3 is 2.65 bits per heavy atom. The molecule has 1 fully saturated rings. The van der Waals surface area contributed by atoms with Gasteiger partial charge in [-0.25, -0.2) is 0 Å². The molecule has 2 N–H and O–H groups in total. The summed E-state index contributed by atoms with van der Waals surface area (Å²) in [4.78, 5) is 0. The highest BCUT2D eigenvalue weighted by atomic mass is 16.5. The summed E-state index contributed by atoms with van der Waals surface area (Å²) in [7, 11) is 0. The molecule has 1 aliphatic heterocycles. The summed E-state index contributed by atoms with van der Waals surface area (Å²) in [5.41, 5.74) is -0.604. The summed E-state index contributed by atoms with van der Waals surface area (Å²) in [6.07, 6.45) is 5.10. The van der Waals surface area contributed by atoms with Crippen molar-refractivity contribution in [3.05, 3.63) is 0 Å². The standard InChI is InChI=1S/C14H29NO2/c1-5-9-15-10-8-14(4,16)11-12-6-7-13(2,3)17-12/h12,15-16H,5-11H2,1-4H3. The fourth-order valence-electron chi connectivity index (χ4n) is 2.47. The Morgan fingerprint density at radius 1 is 1.41 bits per heavy atom. The first kappa shape index (κ1) is 14.9. The lowest BCUT2D eigenvalue weighted by atomic mass is 9.93. The smallest absolute Gasteiger partial charge is 0.0656 e. The molecule has 1 saturated heterocycles. The third-order valence-electron chi connectivity index (χ3n) is 3.49. The van der Waals surface area contributed by atoms with E-state index in [9.17, 15) is 5.11 Å². The van der Waals surface area contributed by atoms with Crippen LogP contribution in [0, 0.1) is 0 Å². The zero-order valence-electron chi connectivity index (χ0n) is 11.9. The fraction of sp³-hybridized carbons (Fsp3) is 1.00. The summed E-state index contributed by atoms with van der Waals surface area (Å²) in [5.74, 6) is 0. The number of aliphatic hydroxyl groups is 1. The van der Waals surface area contributed by atoms with Gasteiger partial charge in [0.1, 0.15) is 0 Å². The van der Waals surface area contributed by atoms with Gasteiger partial charge in [0.15, 0.2) is 0 Å². The van der Waals surface area contributed by atoms with Crippen LogP contribution >= 0.6 is 0 Å². The van der Waals surface area contributed by atoms with Gasteiger partial charge in [0.05, 0.1) is 17.3 Å². The third kappa shape index (κ3) is 5.84. The molecule has 0 spiro atoms. The van der Waals surface area contributed by atoms with E-state index in [2.05, 4.69) is 26.1 Å². The van der Waals surface area contributed by atoms with Gasteiger partial charge < -0.3 is 15.2 Å². The second kappa shape index (κ2) is 6.17. The first-order valence-corrected chi connectivity index (χ1v) is 6.95. The van der Waals surface area contributed by atoms with Gasteiger partial charge in [0.25, 0.3) is 0 Å². The van der Waals surface area contributed by atoms with E-state index >= 15 is 0 Å². The van der Waals surface area contributed by atoms with Crippen LogP contribution < -0.4 is 5.32 Å². The van der Waals surface area contributed by atoms with E-state index in [0.717, 1.165) is 45.2 Å².